The molecule has 0 unspecified atom stereocenters. The Morgan fingerprint density at radius 3 is 2.49 bits per heavy atom. The first-order valence-electron chi connectivity index (χ1n) is 22.0. The van der Waals surface area contributed by atoms with Crippen molar-refractivity contribution in [2.24, 2.45) is 22.4 Å². The molecule has 0 bridgehead atoms. The maximum Gasteiger partial charge on any atom is 0.315 e. The van der Waals surface area contributed by atoms with Crippen molar-refractivity contribution in [3.05, 3.63) is 29.3 Å². The number of hydrogen-bond donors (Lipinski definition) is 4. The van der Waals surface area contributed by atoms with E-state index < -0.39 is 0 Å². The predicted octanol–water partition coefficient (Wildman–Crippen LogP) is 6.50. The quantitative estimate of drug-likeness (QED) is 0.0629. The molecule has 0 spiro atoms. The van der Waals surface area contributed by atoms with Gasteiger partial charge in [-0.2, -0.15) is 11.8 Å². The standard InChI is InChI=1S/C44H68N6O6S/c1-44-23-22-33-32-19-17-31(51)27-30(32)16-18-34(33)35(44)20-21-38(44)48-56-28-41(54)50(3)26-12-5-4-11-25-49(2)40(53)15-7-6-10-24-45-39(52)14-9-8-13-37-42-36(29-57-37)46-43(55)47-42/h17,19,27,33-37,42,51H,4-16,18,20-26,28-29H2,1-3H3,(H,45,52)(H2,46,47,55)/b48-38+/t33-,34-,35+,36+,37+,42+,44+/m1/s1. The second-order valence-corrected chi connectivity index (χ2v) is 19.0. The van der Waals surface area contributed by atoms with E-state index in [0.717, 1.165) is 121 Å². The van der Waals surface area contributed by atoms with Crippen LogP contribution in [-0.2, 0) is 25.6 Å². The molecule has 1 aromatic rings. The van der Waals surface area contributed by atoms with E-state index in [4.69, 9.17) is 4.84 Å². The Hall–Kier alpha value is -3.48. The van der Waals surface area contributed by atoms with Crippen LogP contribution in [0.5, 0.6) is 5.75 Å². The molecule has 0 radical (unpaired) electrons. The lowest BCUT2D eigenvalue weighted by molar-refractivity contribution is -0.135. The number of carbonyl (C=O) groups excluding carboxylic acids is 4. The highest BCUT2D eigenvalue weighted by molar-refractivity contribution is 8.00. The molecule has 0 aromatic heterocycles. The van der Waals surface area contributed by atoms with Crippen LogP contribution in [-0.4, -0.2) is 108 Å². The fourth-order valence-corrected chi connectivity index (χ4v) is 12.0. The predicted molar refractivity (Wildman–Crippen MR) is 225 cm³/mol. The summed E-state index contributed by atoms with van der Waals surface area (Å²) < 4.78 is 0. The van der Waals surface area contributed by atoms with E-state index in [0.29, 0.717) is 54.7 Å². The minimum Gasteiger partial charge on any atom is -0.508 e. The highest BCUT2D eigenvalue weighted by Gasteiger charge is 2.54. The summed E-state index contributed by atoms with van der Waals surface area (Å²) in [7, 11) is 3.71. The van der Waals surface area contributed by atoms with Crippen molar-refractivity contribution in [3.8, 4) is 5.75 Å². The van der Waals surface area contributed by atoms with Gasteiger partial charge in [-0.25, -0.2) is 4.79 Å². The molecular formula is C44H68N6O6S. The summed E-state index contributed by atoms with van der Waals surface area (Å²) in [6.45, 7) is 4.39. The summed E-state index contributed by atoms with van der Waals surface area (Å²) >= 11 is 1.91. The Morgan fingerprint density at radius 2 is 1.68 bits per heavy atom. The number of carbonyl (C=O) groups is 4. The minimum absolute atomic E-state index is 0.0286. The molecule has 3 aliphatic carbocycles. The average molecular weight is 809 g/mol. The molecule has 4 fully saturated rings. The van der Waals surface area contributed by atoms with E-state index in [9.17, 15) is 24.3 Å². The zero-order chi connectivity index (χ0) is 40.4. The maximum absolute atomic E-state index is 12.8. The van der Waals surface area contributed by atoms with Crippen LogP contribution in [0, 0.1) is 17.3 Å². The number of urea groups is 1. The second kappa shape index (κ2) is 20.5. The Labute approximate surface area is 344 Å². The maximum atomic E-state index is 12.8. The van der Waals surface area contributed by atoms with Crippen LogP contribution in [0.1, 0.15) is 133 Å². The number of nitrogens with one attached hydrogen (secondary N) is 3. The van der Waals surface area contributed by atoms with Gasteiger partial charge in [-0.1, -0.05) is 43.8 Å². The molecule has 2 saturated carbocycles. The zero-order valence-electron chi connectivity index (χ0n) is 34.7. The van der Waals surface area contributed by atoms with E-state index in [2.05, 4.69) is 34.1 Å². The Morgan fingerprint density at radius 1 is 0.930 bits per heavy atom. The van der Waals surface area contributed by atoms with Crippen molar-refractivity contribution in [1.29, 1.82) is 0 Å². The first-order valence-corrected chi connectivity index (χ1v) is 23.0. The van der Waals surface area contributed by atoms with Crippen LogP contribution in [0.3, 0.4) is 0 Å². The van der Waals surface area contributed by atoms with Crippen LogP contribution >= 0.6 is 11.8 Å². The number of phenolic OH excluding ortho intramolecular Hbond substituents is 1. The number of thioether (sulfide) groups is 1. The Balaban J connectivity index is 0.745. The van der Waals surface area contributed by atoms with Gasteiger partial charge in [0.15, 0.2) is 6.61 Å². The van der Waals surface area contributed by atoms with E-state index >= 15 is 0 Å². The van der Waals surface area contributed by atoms with Gasteiger partial charge in [-0.05, 0) is 118 Å². The smallest absolute Gasteiger partial charge is 0.315 e. The number of amides is 5. The van der Waals surface area contributed by atoms with E-state index in [1.165, 1.54) is 11.1 Å². The molecule has 6 rings (SSSR count). The molecular weight excluding hydrogens is 741 g/mol. The Kier molecular flexibility index (Phi) is 15.5. The molecule has 13 heteroatoms. The van der Waals surface area contributed by atoms with Gasteiger partial charge in [0.1, 0.15) is 5.75 Å². The van der Waals surface area contributed by atoms with Gasteiger partial charge < -0.3 is 35.7 Å². The number of aromatic hydroxyl groups is 1. The number of hydrogen-bond acceptors (Lipinski definition) is 8. The lowest BCUT2D eigenvalue weighted by atomic mass is 9.55. The van der Waals surface area contributed by atoms with Crippen LogP contribution in [0.25, 0.3) is 0 Å². The first kappa shape index (κ1) is 43.1. The van der Waals surface area contributed by atoms with Crippen molar-refractivity contribution in [1.82, 2.24) is 25.8 Å². The summed E-state index contributed by atoms with van der Waals surface area (Å²) in [5, 5.41) is 24.0. The normalized spacial score (nSPS) is 27.8. The number of likely N-dealkylation sites (N-methyl/N-ethyl adjacent to an activating group) is 1. The average Bonchev–Trinajstić information content (AvgIpc) is 3.86. The van der Waals surface area contributed by atoms with E-state index in [1.807, 2.05) is 42.9 Å². The molecule has 5 amide bonds. The lowest BCUT2D eigenvalue weighted by Gasteiger charge is -2.49. The van der Waals surface area contributed by atoms with Gasteiger partial charge in [0.05, 0.1) is 17.8 Å². The number of rotatable bonds is 21. The van der Waals surface area contributed by atoms with Crippen molar-refractivity contribution in [3.63, 3.8) is 0 Å². The lowest BCUT2D eigenvalue weighted by Crippen LogP contribution is -2.42. The zero-order valence-corrected chi connectivity index (χ0v) is 35.5. The fourth-order valence-electron chi connectivity index (χ4n) is 10.4. The molecule has 12 nitrogen and oxygen atoms in total. The van der Waals surface area contributed by atoms with Gasteiger partial charge >= 0.3 is 6.03 Å². The third-order valence-corrected chi connectivity index (χ3v) is 15.4. The SMILES string of the molecule is CN(CCCCCCN(C)C(=O)CO/N=C1\CC[C@H]2[C@@H]3CCc4cc(O)ccc4[C@H]3CC[C@]12C)C(=O)CCCCCNC(=O)CCCC[C@@H]1SC[C@@H]2NC(=O)N[C@@H]21. The third kappa shape index (κ3) is 11.2. The number of unbranched alkanes of at least 4 members (excludes halogenated alkanes) is 6. The van der Waals surface area contributed by atoms with Gasteiger partial charge in [-0.3, -0.25) is 14.4 Å². The van der Waals surface area contributed by atoms with Crippen LogP contribution in [0.15, 0.2) is 23.4 Å². The number of oxime groups is 1. The highest BCUT2D eigenvalue weighted by atomic mass is 32.2. The van der Waals surface area contributed by atoms with Crippen molar-refractivity contribution >= 4 is 41.2 Å². The second-order valence-electron chi connectivity index (χ2n) is 17.7. The number of phenols is 1. The van der Waals surface area contributed by atoms with E-state index in [-0.39, 0.29) is 47.9 Å². The summed E-state index contributed by atoms with van der Waals surface area (Å²) in [6.07, 6.45) is 16.8. The summed E-state index contributed by atoms with van der Waals surface area (Å²) in [6, 6.07) is 6.35. The van der Waals surface area contributed by atoms with Crippen LogP contribution < -0.4 is 16.0 Å². The highest BCUT2D eigenvalue weighted by Crippen LogP contribution is 2.60. The summed E-state index contributed by atoms with van der Waals surface area (Å²) in [4.78, 5) is 58.5. The van der Waals surface area contributed by atoms with Crippen molar-refractivity contribution in [2.45, 2.75) is 146 Å². The largest absolute Gasteiger partial charge is 0.508 e. The molecule has 4 N–H and O–H groups in total. The molecule has 2 heterocycles. The number of nitrogens with zero attached hydrogens (tertiary/aromatic N) is 3. The van der Waals surface area contributed by atoms with Gasteiger partial charge in [0.25, 0.3) is 5.91 Å². The van der Waals surface area contributed by atoms with Crippen molar-refractivity contribution < 1.29 is 29.1 Å². The van der Waals surface area contributed by atoms with Crippen molar-refractivity contribution in [2.75, 3.05) is 46.1 Å². The van der Waals surface area contributed by atoms with Crippen LogP contribution in [0.2, 0.25) is 0 Å². The van der Waals surface area contributed by atoms with Gasteiger partial charge in [-0.15, -0.1) is 0 Å². The molecule has 7 atom stereocenters. The van der Waals surface area contributed by atoms with E-state index in [1.54, 1.807) is 4.90 Å². The first-order chi connectivity index (χ1) is 27.5. The molecule has 316 valence electrons. The molecule has 1 aromatic carbocycles. The van der Waals surface area contributed by atoms with Gasteiger partial charge in [0, 0.05) is 63.0 Å². The number of benzene rings is 1. The minimum atomic E-state index is -0.0568. The number of aryl methyl sites for hydroxylation is 1. The molecule has 2 saturated heterocycles. The summed E-state index contributed by atoms with van der Waals surface area (Å²) in [5.74, 6) is 3.31. The fraction of sp³-hybridized carbons (Fsp3) is 0.750. The van der Waals surface area contributed by atoms with Gasteiger partial charge in [0.2, 0.25) is 11.8 Å². The molecule has 5 aliphatic rings. The topological polar surface area (TPSA) is 153 Å². The van der Waals surface area contributed by atoms with Crippen LogP contribution in [0.4, 0.5) is 4.79 Å². The number of fused-ring (bicyclic) bond motifs is 6. The summed E-state index contributed by atoms with van der Waals surface area (Å²) in [5.41, 5.74) is 3.89. The monoisotopic (exact) mass is 808 g/mol. The molecule has 57 heavy (non-hydrogen) atoms. The Bertz CT molecular complexity index is 1590. The molecule has 2 aliphatic heterocycles. The third-order valence-electron chi connectivity index (χ3n) is 13.9.